The average Bonchev–Trinajstić information content (AvgIpc) is 3.00. The Morgan fingerprint density at radius 1 is 1.47 bits per heavy atom. The van der Waals surface area contributed by atoms with Crippen molar-refractivity contribution in [2.45, 2.75) is 39.2 Å². The highest BCUT2D eigenvalue weighted by Gasteiger charge is 2.34. The van der Waals surface area contributed by atoms with Crippen LogP contribution in [-0.2, 0) is 6.42 Å². The Morgan fingerprint density at radius 2 is 2.20 bits per heavy atom. The van der Waals surface area contributed by atoms with Crippen LogP contribution in [0.15, 0.2) is 16.5 Å². The molecule has 0 aromatic carbocycles. The molecule has 1 fully saturated rings. The van der Waals surface area contributed by atoms with Gasteiger partial charge in [-0.3, -0.25) is 0 Å². The Labute approximate surface area is 92.1 Å². The second-order valence-electron chi connectivity index (χ2n) is 4.62. The van der Waals surface area contributed by atoms with E-state index < -0.39 is 0 Å². The predicted octanol–water partition coefficient (Wildman–Crippen LogP) is 3.15. The first-order valence-electron chi connectivity index (χ1n) is 6.02. The van der Waals surface area contributed by atoms with E-state index in [9.17, 15) is 0 Å². The van der Waals surface area contributed by atoms with E-state index in [4.69, 9.17) is 4.42 Å². The fraction of sp³-hybridized carbons (Fsp3) is 0.692. The van der Waals surface area contributed by atoms with Gasteiger partial charge in [0.15, 0.2) is 0 Å². The molecule has 0 amide bonds. The molecular formula is C13H21NO. The van der Waals surface area contributed by atoms with Crippen LogP contribution in [0.2, 0.25) is 0 Å². The van der Waals surface area contributed by atoms with Crippen LogP contribution in [0.25, 0.3) is 0 Å². The maximum atomic E-state index is 5.82. The SMILES string of the molecule is CCc1ccc(C(NC)C(C)C2CC2)o1. The Balaban J connectivity index is 2.10. The molecule has 2 nitrogen and oxygen atoms in total. The highest BCUT2D eigenvalue weighted by atomic mass is 16.3. The minimum atomic E-state index is 0.387. The summed E-state index contributed by atoms with van der Waals surface area (Å²) in [5, 5.41) is 3.38. The summed E-state index contributed by atoms with van der Waals surface area (Å²) in [6.45, 7) is 4.45. The smallest absolute Gasteiger partial charge is 0.121 e. The van der Waals surface area contributed by atoms with Crippen molar-refractivity contribution in [1.82, 2.24) is 5.32 Å². The quantitative estimate of drug-likeness (QED) is 0.802. The molecule has 0 bridgehead atoms. The lowest BCUT2D eigenvalue weighted by Gasteiger charge is -2.21. The van der Waals surface area contributed by atoms with Gasteiger partial charge >= 0.3 is 0 Å². The van der Waals surface area contributed by atoms with Crippen molar-refractivity contribution in [3.05, 3.63) is 23.7 Å². The van der Waals surface area contributed by atoms with Gasteiger partial charge in [0.25, 0.3) is 0 Å². The second kappa shape index (κ2) is 4.40. The van der Waals surface area contributed by atoms with Crippen molar-refractivity contribution >= 4 is 0 Å². The van der Waals surface area contributed by atoms with Crippen molar-refractivity contribution in [2.24, 2.45) is 11.8 Å². The number of aryl methyl sites for hydroxylation is 1. The lowest BCUT2D eigenvalue weighted by Crippen LogP contribution is -2.24. The number of hydrogen-bond acceptors (Lipinski definition) is 2. The van der Waals surface area contributed by atoms with Gasteiger partial charge in [-0.1, -0.05) is 13.8 Å². The third-order valence-electron chi connectivity index (χ3n) is 3.54. The van der Waals surface area contributed by atoms with Gasteiger partial charge in [-0.15, -0.1) is 0 Å². The van der Waals surface area contributed by atoms with Gasteiger partial charge in [-0.25, -0.2) is 0 Å². The number of nitrogens with one attached hydrogen (secondary N) is 1. The van der Waals surface area contributed by atoms with Gasteiger partial charge in [0.2, 0.25) is 0 Å². The van der Waals surface area contributed by atoms with Crippen molar-refractivity contribution < 1.29 is 4.42 Å². The van der Waals surface area contributed by atoms with Gasteiger partial charge in [-0.05, 0) is 43.9 Å². The van der Waals surface area contributed by atoms with E-state index in [0.717, 1.165) is 23.9 Å². The Morgan fingerprint density at radius 3 is 2.67 bits per heavy atom. The van der Waals surface area contributed by atoms with Crippen LogP contribution in [0.5, 0.6) is 0 Å². The molecule has 1 saturated carbocycles. The van der Waals surface area contributed by atoms with Gasteiger partial charge in [-0.2, -0.15) is 0 Å². The lowest BCUT2D eigenvalue weighted by atomic mass is 9.95. The fourth-order valence-corrected chi connectivity index (χ4v) is 2.31. The molecule has 1 N–H and O–H groups in total. The maximum absolute atomic E-state index is 5.82. The van der Waals surface area contributed by atoms with Crippen LogP contribution >= 0.6 is 0 Å². The molecule has 2 atom stereocenters. The van der Waals surface area contributed by atoms with Crippen molar-refractivity contribution in [1.29, 1.82) is 0 Å². The van der Waals surface area contributed by atoms with E-state index in [0.29, 0.717) is 12.0 Å². The molecule has 1 aliphatic rings. The van der Waals surface area contributed by atoms with Gasteiger partial charge < -0.3 is 9.73 Å². The Kier molecular flexibility index (Phi) is 3.15. The summed E-state index contributed by atoms with van der Waals surface area (Å²) >= 11 is 0. The molecule has 0 aliphatic heterocycles. The largest absolute Gasteiger partial charge is 0.464 e. The van der Waals surface area contributed by atoms with Crippen LogP contribution in [0.3, 0.4) is 0 Å². The standard InChI is InChI=1S/C13H21NO/c1-4-11-7-8-12(15-11)13(14-3)9(2)10-5-6-10/h7-10,13-14H,4-6H2,1-3H3. The summed E-state index contributed by atoms with van der Waals surface area (Å²) in [6.07, 6.45) is 3.76. The van der Waals surface area contributed by atoms with Gasteiger partial charge in [0, 0.05) is 6.42 Å². The molecule has 0 saturated heterocycles. The minimum absolute atomic E-state index is 0.387. The van der Waals surface area contributed by atoms with E-state index in [1.165, 1.54) is 12.8 Å². The summed E-state index contributed by atoms with van der Waals surface area (Å²) in [7, 11) is 2.03. The summed E-state index contributed by atoms with van der Waals surface area (Å²) < 4.78 is 5.82. The molecule has 2 heteroatoms. The molecule has 84 valence electrons. The van der Waals surface area contributed by atoms with E-state index in [-0.39, 0.29) is 0 Å². The second-order valence-corrected chi connectivity index (χ2v) is 4.62. The molecule has 1 aromatic rings. The zero-order chi connectivity index (χ0) is 10.8. The van der Waals surface area contributed by atoms with E-state index >= 15 is 0 Å². The normalized spacial score (nSPS) is 20.2. The van der Waals surface area contributed by atoms with E-state index in [1.54, 1.807) is 0 Å². The molecule has 0 radical (unpaired) electrons. The lowest BCUT2D eigenvalue weighted by molar-refractivity contribution is 0.308. The van der Waals surface area contributed by atoms with Crippen LogP contribution in [0.4, 0.5) is 0 Å². The van der Waals surface area contributed by atoms with Crippen LogP contribution in [0, 0.1) is 11.8 Å². The number of rotatable bonds is 5. The van der Waals surface area contributed by atoms with E-state index in [2.05, 4.69) is 31.3 Å². The summed E-state index contributed by atoms with van der Waals surface area (Å²) in [4.78, 5) is 0. The molecule has 2 unspecified atom stereocenters. The number of hydrogen-bond donors (Lipinski definition) is 1. The Bertz CT molecular complexity index is 314. The van der Waals surface area contributed by atoms with Crippen molar-refractivity contribution in [3.8, 4) is 0 Å². The van der Waals surface area contributed by atoms with Gasteiger partial charge in [0.1, 0.15) is 11.5 Å². The topological polar surface area (TPSA) is 25.2 Å². The zero-order valence-electron chi connectivity index (χ0n) is 9.92. The van der Waals surface area contributed by atoms with Crippen molar-refractivity contribution in [3.63, 3.8) is 0 Å². The summed E-state index contributed by atoms with van der Waals surface area (Å²) in [5.41, 5.74) is 0. The third-order valence-corrected chi connectivity index (χ3v) is 3.54. The molecule has 1 aromatic heterocycles. The highest BCUT2D eigenvalue weighted by molar-refractivity contribution is 5.12. The van der Waals surface area contributed by atoms with Crippen LogP contribution in [-0.4, -0.2) is 7.05 Å². The predicted molar refractivity (Wildman–Crippen MR) is 61.8 cm³/mol. The van der Waals surface area contributed by atoms with Gasteiger partial charge in [0.05, 0.1) is 6.04 Å². The van der Waals surface area contributed by atoms with Crippen molar-refractivity contribution in [2.75, 3.05) is 7.05 Å². The summed E-state index contributed by atoms with van der Waals surface area (Å²) in [5.74, 6) is 3.78. The van der Waals surface area contributed by atoms with E-state index in [1.807, 2.05) is 7.05 Å². The first-order valence-corrected chi connectivity index (χ1v) is 6.02. The highest BCUT2D eigenvalue weighted by Crippen LogP contribution is 2.42. The zero-order valence-corrected chi connectivity index (χ0v) is 9.92. The third kappa shape index (κ3) is 2.25. The fourth-order valence-electron chi connectivity index (χ4n) is 2.31. The molecule has 1 aliphatic carbocycles. The molecule has 15 heavy (non-hydrogen) atoms. The van der Waals surface area contributed by atoms with Crippen LogP contribution in [0.1, 0.15) is 44.3 Å². The molecule has 1 heterocycles. The molecule has 0 spiro atoms. The summed E-state index contributed by atoms with van der Waals surface area (Å²) in [6, 6.07) is 4.61. The molecule has 2 rings (SSSR count). The monoisotopic (exact) mass is 207 g/mol. The minimum Gasteiger partial charge on any atom is -0.464 e. The van der Waals surface area contributed by atoms with Crippen LogP contribution < -0.4 is 5.32 Å². The Hall–Kier alpha value is -0.760. The first kappa shape index (κ1) is 10.7. The number of furan rings is 1. The molecular weight excluding hydrogens is 186 g/mol. The first-order chi connectivity index (χ1) is 7.26. The maximum Gasteiger partial charge on any atom is 0.121 e. The average molecular weight is 207 g/mol.